The molecule has 0 saturated carbocycles. The van der Waals surface area contributed by atoms with Crippen molar-refractivity contribution in [2.24, 2.45) is 4.99 Å². The van der Waals surface area contributed by atoms with Crippen molar-refractivity contribution in [1.29, 1.82) is 0 Å². The van der Waals surface area contributed by atoms with Gasteiger partial charge in [-0.15, -0.1) is 0 Å². The smallest absolute Gasteiger partial charge is 0.117 e. The van der Waals surface area contributed by atoms with Gasteiger partial charge in [-0.25, -0.2) is 4.99 Å². The molecule has 16 heavy (non-hydrogen) atoms. The van der Waals surface area contributed by atoms with E-state index in [9.17, 15) is 5.11 Å². The van der Waals surface area contributed by atoms with Crippen molar-refractivity contribution in [1.82, 2.24) is 0 Å². The number of aliphatic imine (C=N–C) groups is 1. The van der Waals surface area contributed by atoms with E-state index in [1.807, 2.05) is 43.5 Å². The standard InChI is InChI=1S/C13H12N2O/c1-15-10-6-3-2-5-9(10)14-13-11(15)7-4-8-12(13)16/h2-8,12,16H,1H3. The van der Waals surface area contributed by atoms with Gasteiger partial charge in [0.25, 0.3) is 0 Å². The van der Waals surface area contributed by atoms with E-state index < -0.39 is 6.10 Å². The topological polar surface area (TPSA) is 35.8 Å². The van der Waals surface area contributed by atoms with Crippen LogP contribution >= 0.6 is 0 Å². The second-order valence-corrected chi connectivity index (χ2v) is 3.93. The Morgan fingerprint density at radius 3 is 3.00 bits per heavy atom. The van der Waals surface area contributed by atoms with Crippen molar-refractivity contribution >= 4 is 17.1 Å². The van der Waals surface area contributed by atoms with Crippen LogP contribution in [-0.4, -0.2) is 24.0 Å². The lowest BCUT2D eigenvalue weighted by Gasteiger charge is -2.31. The Morgan fingerprint density at radius 2 is 2.12 bits per heavy atom. The number of fused-ring (bicyclic) bond motifs is 2. The molecule has 1 heterocycles. The maximum atomic E-state index is 9.86. The molecule has 80 valence electrons. The minimum atomic E-state index is -0.601. The predicted molar refractivity (Wildman–Crippen MR) is 65.2 cm³/mol. The van der Waals surface area contributed by atoms with Gasteiger partial charge in [-0.05, 0) is 18.2 Å². The summed E-state index contributed by atoms with van der Waals surface area (Å²) in [6.45, 7) is 0. The van der Waals surface area contributed by atoms with E-state index in [4.69, 9.17) is 0 Å². The van der Waals surface area contributed by atoms with Crippen molar-refractivity contribution in [3.8, 4) is 0 Å². The van der Waals surface area contributed by atoms with E-state index in [0.29, 0.717) is 0 Å². The highest BCUT2D eigenvalue weighted by Crippen LogP contribution is 2.36. The lowest BCUT2D eigenvalue weighted by molar-refractivity contribution is 0.288. The number of hydrogen-bond acceptors (Lipinski definition) is 3. The molecular weight excluding hydrogens is 200 g/mol. The number of aliphatic hydroxyl groups excluding tert-OH is 1. The summed E-state index contributed by atoms with van der Waals surface area (Å²) in [5, 5.41) is 9.86. The van der Waals surface area contributed by atoms with Gasteiger partial charge in [-0.3, -0.25) is 0 Å². The average Bonchev–Trinajstić information content (AvgIpc) is 2.31. The summed E-state index contributed by atoms with van der Waals surface area (Å²) in [6, 6.07) is 7.93. The van der Waals surface area contributed by atoms with Crippen LogP contribution in [0.1, 0.15) is 0 Å². The first-order valence-corrected chi connectivity index (χ1v) is 5.25. The molecule has 1 N–H and O–H groups in total. The van der Waals surface area contributed by atoms with Crippen LogP contribution in [0.5, 0.6) is 0 Å². The van der Waals surface area contributed by atoms with Gasteiger partial charge in [0, 0.05) is 7.05 Å². The normalized spacial score (nSPS) is 22.1. The molecule has 0 saturated heterocycles. The quantitative estimate of drug-likeness (QED) is 0.714. The minimum absolute atomic E-state index is 0.601. The molecule has 0 radical (unpaired) electrons. The lowest BCUT2D eigenvalue weighted by Crippen LogP contribution is -2.34. The van der Waals surface area contributed by atoms with Gasteiger partial charge in [-0.2, -0.15) is 0 Å². The number of aliphatic hydroxyl groups is 1. The van der Waals surface area contributed by atoms with Gasteiger partial charge >= 0.3 is 0 Å². The summed E-state index contributed by atoms with van der Waals surface area (Å²) >= 11 is 0. The first-order valence-electron chi connectivity index (χ1n) is 5.25. The maximum Gasteiger partial charge on any atom is 0.117 e. The molecule has 1 unspecified atom stereocenters. The van der Waals surface area contributed by atoms with Crippen LogP contribution in [0.3, 0.4) is 0 Å². The first kappa shape index (κ1) is 9.36. The summed E-state index contributed by atoms with van der Waals surface area (Å²) in [5.74, 6) is 0. The van der Waals surface area contributed by atoms with Crippen molar-refractivity contribution in [3.63, 3.8) is 0 Å². The van der Waals surface area contributed by atoms with Gasteiger partial charge in [0.15, 0.2) is 0 Å². The van der Waals surface area contributed by atoms with E-state index in [1.54, 1.807) is 6.08 Å². The van der Waals surface area contributed by atoms with Crippen molar-refractivity contribution in [3.05, 3.63) is 48.2 Å². The predicted octanol–water partition coefficient (Wildman–Crippen LogP) is 2.02. The second-order valence-electron chi connectivity index (χ2n) is 3.93. The lowest BCUT2D eigenvalue weighted by atomic mass is 10.0. The highest BCUT2D eigenvalue weighted by molar-refractivity contribution is 6.12. The Bertz CT molecular complexity index is 528. The molecule has 1 aromatic rings. The zero-order valence-corrected chi connectivity index (χ0v) is 8.96. The molecule has 1 atom stereocenters. The van der Waals surface area contributed by atoms with Crippen molar-refractivity contribution in [2.45, 2.75) is 6.10 Å². The van der Waals surface area contributed by atoms with Crippen LogP contribution in [0.2, 0.25) is 0 Å². The van der Waals surface area contributed by atoms with Gasteiger partial charge in [0.05, 0.1) is 22.8 Å². The Balaban J connectivity index is 2.22. The summed E-state index contributed by atoms with van der Waals surface area (Å²) in [7, 11) is 1.99. The number of nitrogens with zero attached hydrogens (tertiary/aromatic N) is 2. The SMILES string of the molecule is CN1C2=CC=CC(O)C2=Nc2ccccc21. The molecule has 3 rings (SSSR count). The number of benzene rings is 1. The van der Waals surface area contributed by atoms with Gasteiger partial charge < -0.3 is 10.0 Å². The van der Waals surface area contributed by atoms with E-state index in [-0.39, 0.29) is 0 Å². The third-order valence-electron chi connectivity index (χ3n) is 2.94. The molecule has 3 nitrogen and oxygen atoms in total. The van der Waals surface area contributed by atoms with Gasteiger partial charge in [0.1, 0.15) is 6.10 Å². The van der Waals surface area contributed by atoms with Crippen LogP contribution in [0.4, 0.5) is 11.4 Å². The van der Waals surface area contributed by atoms with E-state index >= 15 is 0 Å². The van der Waals surface area contributed by atoms with E-state index in [1.165, 1.54) is 0 Å². The summed E-state index contributed by atoms with van der Waals surface area (Å²) < 4.78 is 0. The fourth-order valence-electron chi connectivity index (χ4n) is 2.09. The number of rotatable bonds is 0. The monoisotopic (exact) mass is 212 g/mol. The Hall–Kier alpha value is -1.87. The zero-order valence-electron chi connectivity index (χ0n) is 8.96. The molecular formula is C13H12N2O. The maximum absolute atomic E-state index is 9.86. The number of anilines is 1. The molecule has 0 amide bonds. The molecule has 2 aliphatic rings. The molecule has 1 aliphatic carbocycles. The summed E-state index contributed by atoms with van der Waals surface area (Å²) in [5.41, 5.74) is 3.67. The van der Waals surface area contributed by atoms with Crippen LogP contribution in [0, 0.1) is 0 Å². The highest BCUT2D eigenvalue weighted by atomic mass is 16.3. The molecule has 0 fully saturated rings. The fourth-order valence-corrected chi connectivity index (χ4v) is 2.09. The Morgan fingerprint density at radius 1 is 1.31 bits per heavy atom. The Kier molecular flexibility index (Phi) is 1.94. The number of para-hydroxylation sites is 2. The zero-order chi connectivity index (χ0) is 11.1. The number of hydrogen-bond donors (Lipinski definition) is 1. The van der Waals surface area contributed by atoms with Gasteiger partial charge in [-0.1, -0.05) is 24.3 Å². The highest BCUT2D eigenvalue weighted by Gasteiger charge is 2.26. The third kappa shape index (κ3) is 1.22. The average molecular weight is 212 g/mol. The van der Waals surface area contributed by atoms with Crippen molar-refractivity contribution in [2.75, 3.05) is 11.9 Å². The van der Waals surface area contributed by atoms with E-state index in [2.05, 4.69) is 9.89 Å². The van der Waals surface area contributed by atoms with Crippen LogP contribution in [0.15, 0.2) is 53.2 Å². The summed E-state index contributed by atoms with van der Waals surface area (Å²) in [6.07, 6.45) is 4.98. The Labute approximate surface area is 94.0 Å². The van der Waals surface area contributed by atoms with Crippen LogP contribution in [0.25, 0.3) is 0 Å². The molecule has 0 spiro atoms. The van der Waals surface area contributed by atoms with Gasteiger partial charge in [0.2, 0.25) is 0 Å². The molecule has 1 aromatic carbocycles. The minimum Gasteiger partial charge on any atom is -0.383 e. The second kappa shape index (κ2) is 3.32. The van der Waals surface area contributed by atoms with Crippen LogP contribution in [-0.2, 0) is 0 Å². The first-order chi connectivity index (χ1) is 7.77. The third-order valence-corrected chi connectivity index (χ3v) is 2.94. The molecule has 1 aliphatic heterocycles. The van der Waals surface area contributed by atoms with Crippen molar-refractivity contribution < 1.29 is 5.11 Å². The largest absolute Gasteiger partial charge is 0.383 e. The number of allylic oxidation sites excluding steroid dienone is 2. The van der Waals surface area contributed by atoms with Crippen LogP contribution < -0.4 is 4.90 Å². The molecule has 0 bridgehead atoms. The molecule has 0 aromatic heterocycles. The van der Waals surface area contributed by atoms with E-state index in [0.717, 1.165) is 22.8 Å². The summed E-state index contributed by atoms with van der Waals surface area (Å²) in [4.78, 5) is 6.56. The fraction of sp³-hybridized carbons (Fsp3) is 0.154. The molecule has 3 heteroatoms.